The second kappa shape index (κ2) is 10.8. The molecule has 5 rings (SSSR count). The molecule has 0 spiro atoms. The monoisotopic (exact) mass is 498 g/mol. The van der Waals surface area contributed by atoms with E-state index in [9.17, 15) is 14.7 Å². The molecule has 9 heteroatoms. The number of hydrogen-bond acceptors (Lipinski definition) is 6. The van der Waals surface area contributed by atoms with Gasteiger partial charge in [-0.25, -0.2) is 9.78 Å². The topological polar surface area (TPSA) is 112 Å². The molecular formula is C28H30N6O3. The van der Waals surface area contributed by atoms with Crippen LogP contribution in [0.5, 0.6) is 0 Å². The van der Waals surface area contributed by atoms with Crippen molar-refractivity contribution in [3.63, 3.8) is 0 Å². The van der Waals surface area contributed by atoms with E-state index in [0.29, 0.717) is 11.4 Å². The van der Waals surface area contributed by atoms with Crippen molar-refractivity contribution in [2.24, 2.45) is 0 Å². The maximum Gasteiger partial charge on any atom is 0.325 e. The fourth-order valence-electron chi connectivity index (χ4n) is 4.55. The molecule has 1 aliphatic heterocycles. The van der Waals surface area contributed by atoms with E-state index in [1.54, 1.807) is 30.1 Å². The lowest BCUT2D eigenvalue weighted by Gasteiger charge is -2.29. The number of fused-ring (bicyclic) bond motifs is 1. The summed E-state index contributed by atoms with van der Waals surface area (Å²) < 4.78 is 1.56. The smallest absolute Gasteiger partial charge is 0.325 e. The van der Waals surface area contributed by atoms with Gasteiger partial charge in [0.1, 0.15) is 5.82 Å². The average molecular weight is 499 g/mol. The predicted molar refractivity (Wildman–Crippen MR) is 144 cm³/mol. The molecule has 4 N–H and O–H groups in total. The molecule has 0 saturated carbocycles. The minimum atomic E-state index is -0.228. The highest BCUT2D eigenvalue weighted by molar-refractivity contribution is 6.04. The van der Waals surface area contributed by atoms with Crippen molar-refractivity contribution >= 4 is 40.0 Å². The Morgan fingerprint density at radius 3 is 2.51 bits per heavy atom. The molecule has 1 fully saturated rings. The second-order valence-electron chi connectivity index (χ2n) is 9.23. The molecule has 1 aliphatic rings. The third-order valence-corrected chi connectivity index (χ3v) is 6.59. The van der Waals surface area contributed by atoms with E-state index >= 15 is 0 Å². The number of aliphatic hydroxyl groups is 1. The van der Waals surface area contributed by atoms with Gasteiger partial charge >= 0.3 is 6.03 Å². The average Bonchev–Trinajstić information content (AvgIpc) is 3.33. The van der Waals surface area contributed by atoms with E-state index in [1.807, 2.05) is 54.6 Å². The number of likely N-dealkylation sites (tertiary alicyclic amines) is 1. The van der Waals surface area contributed by atoms with Gasteiger partial charge in [-0.1, -0.05) is 12.1 Å². The van der Waals surface area contributed by atoms with Crippen LogP contribution in [0.1, 0.15) is 28.8 Å². The van der Waals surface area contributed by atoms with E-state index in [0.717, 1.165) is 60.3 Å². The van der Waals surface area contributed by atoms with Crippen LogP contribution in [-0.4, -0.2) is 57.7 Å². The normalized spacial score (nSPS) is 14.4. The standard InChI is InChI=1S/C28H30N6O3/c1-29-28(37)34-15-9-21-16-22(6-7-25(21)34)31-23-8-12-30-26(17-23)32-27(36)20-4-2-19(3-5-20)18-33-13-10-24(35)11-14-33/h2-9,12,15-17,24,35H,10-11,13-14,18H2,1H3,(H,29,37)(H2,30,31,32,36). The third kappa shape index (κ3) is 5.79. The number of amides is 2. The van der Waals surface area contributed by atoms with Crippen LogP contribution in [0.25, 0.3) is 10.9 Å². The highest BCUT2D eigenvalue weighted by Gasteiger charge is 2.17. The van der Waals surface area contributed by atoms with Gasteiger partial charge in [0.25, 0.3) is 5.91 Å². The number of carbonyl (C=O) groups is 2. The van der Waals surface area contributed by atoms with Crippen LogP contribution in [0, 0.1) is 0 Å². The maximum absolute atomic E-state index is 12.8. The van der Waals surface area contributed by atoms with Crippen LogP contribution in [0.2, 0.25) is 0 Å². The number of hydrogen-bond donors (Lipinski definition) is 4. The van der Waals surface area contributed by atoms with Crippen molar-refractivity contribution in [1.82, 2.24) is 19.8 Å². The summed E-state index contributed by atoms with van der Waals surface area (Å²) in [6.45, 7) is 2.58. The molecule has 190 valence electrons. The Balaban J connectivity index is 1.21. The van der Waals surface area contributed by atoms with Gasteiger partial charge in [-0.3, -0.25) is 14.3 Å². The molecule has 9 nitrogen and oxygen atoms in total. The minimum absolute atomic E-state index is 0.184. The number of aliphatic hydroxyl groups excluding tert-OH is 1. The number of benzene rings is 2. The summed E-state index contributed by atoms with van der Waals surface area (Å²) >= 11 is 0. The number of piperidine rings is 1. The number of nitrogens with one attached hydrogen (secondary N) is 3. The van der Waals surface area contributed by atoms with E-state index in [4.69, 9.17) is 0 Å². The first-order valence-electron chi connectivity index (χ1n) is 12.4. The van der Waals surface area contributed by atoms with Gasteiger partial charge in [-0.15, -0.1) is 0 Å². The number of nitrogens with zero attached hydrogens (tertiary/aromatic N) is 3. The summed E-state index contributed by atoms with van der Waals surface area (Å²) in [6, 6.07) is 18.6. The summed E-state index contributed by atoms with van der Waals surface area (Å²) in [5, 5.41) is 19.4. The predicted octanol–water partition coefficient (Wildman–Crippen LogP) is 4.18. The summed E-state index contributed by atoms with van der Waals surface area (Å²) in [6.07, 6.45) is 4.80. The Hall–Kier alpha value is -4.21. The van der Waals surface area contributed by atoms with Gasteiger partial charge in [0.2, 0.25) is 0 Å². The van der Waals surface area contributed by atoms with Crippen LogP contribution in [0.3, 0.4) is 0 Å². The number of carbonyl (C=O) groups excluding carboxylic acids is 2. The lowest BCUT2D eigenvalue weighted by Crippen LogP contribution is -2.35. The summed E-state index contributed by atoms with van der Waals surface area (Å²) in [4.78, 5) is 31.4. The van der Waals surface area contributed by atoms with Crippen molar-refractivity contribution < 1.29 is 14.7 Å². The van der Waals surface area contributed by atoms with Crippen molar-refractivity contribution in [3.8, 4) is 0 Å². The molecule has 2 amide bonds. The molecule has 0 unspecified atom stereocenters. The zero-order chi connectivity index (χ0) is 25.8. The highest BCUT2D eigenvalue weighted by Crippen LogP contribution is 2.24. The first kappa shape index (κ1) is 24.5. The molecule has 2 aromatic carbocycles. The number of anilines is 3. The Kier molecular flexibility index (Phi) is 7.16. The van der Waals surface area contributed by atoms with Crippen LogP contribution < -0.4 is 16.0 Å². The summed E-state index contributed by atoms with van der Waals surface area (Å²) in [5.41, 5.74) is 4.14. The van der Waals surface area contributed by atoms with E-state index in [1.165, 1.54) is 0 Å². The molecule has 2 aromatic heterocycles. The summed E-state index contributed by atoms with van der Waals surface area (Å²) in [7, 11) is 1.60. The van der Waals surface area contributed by atoms with Gasteiger partial charge in [0, 0.05) is 67.5 Å². The largest absolute Gasteiger partial charge is 0.393 e. The van der Waals surface area contributed by atoms with Gasteiger partial charge in [-0.05, 0) is 60.9 Å². The Bertz CT molecular complexity index is 1410. The molecule has 0 aliphatic carbocycles. The van der Waals surface area contributed by atoms with Crippen molar-refractivity contribution in [2.75, 3.05) is 30.8 Å². The van der Waals surface area contributed by atoms with Crippen molar-refractivity contribution in [1.29, 1.82) is 0 Å². The lowest BCUT2D eigenvalue weighted by atomic mass is 10.1. The third-order valence-electron chi connectivity index (χ3n) is 6.59. The Morgan fingerprint density at radius 2 is 1.76 bits per heavy atom. The fraction of sp³-hybridized carbons (Fsp3) is 0.250. The molecule has 4 aromatic rings. The Morgan fingerprint density at radius 1 is 1.00 bits per heavy atom. The lowest BCUT2D eigenvalue weighted by molar-refractivity contribution is 0.0792. The molecule has 0 bridgehead atoms. The number of pyridine rings is 1. The van der Waals surface area contributed by atoms with Crippen LogP contribution in [0.15, 0.2) is 73.1 Å². The van der Waals surface area contributed by atoms with Crippen molar-refractivity contribution in [3.05, 3.63) is 84.2 Å². The zero-order valence-corrected chi connectivity index (χ0v) is 20.6. The van der Waals surface area contributed by atoms with Crippen LogP contribution in [-0.2, 0) is 6.54 Å². The number of aromatic nitrogens is 2. The zero-order valence-electron chi connectivity index (χ0n) is 20.6. The minimum Gasteiger partial charge on any atom is -0.393 e. The maximum atomic E-state index is 12.8. The van der Waals surface area contributed by atoms with Gasteiger partial charge < -0.3 is 21.1 Å². The molecule has 37 heavy (non-hydrogen) atoms. The van der Waals surface area contributed by atoms with E-state index in [2.05, 4.69) is 25.8 Å². The quantitative estimate of drug-likeness (QED) is 0.317. The van der Waals surface area contributed by atoms with Gasteiger partial charge in [0.15, 0.2) is 0 Å². The summed E-state index contributed by atoms with van der Waals surface area (Å²) in [5.74, 6) is 0.215. The Labute approximate surface area is 215 Å². The molecule has 0 atom stereocenters. The first-order valence-corrected chi connectivity index (χ1v) is 12.4. The molecule has 3 heterocycles. The number of rotatable bonds is 6. The van der Waals surface area contributed by atoms with E-state index in [-0.39, 0.29) is 18.0 Å². The van der Waals surface area contributed by atoms with Crippen molar-refractivity contribution in [2.45, 2.75) is 25.5 Å². The van der Waals surface area contributed by atoms with E-state index < -0.39 is 0 Å². The SMILES string of the molecule is CNC(=O)n1ccc2cc(Nc3ccnc(NC(=O)c4ccc(CN5CCC(O)CC5)cc4)c3)ccc21. The molecular weight excluding hydrogens is 468 g/mol. The highest BCUT2D eigenvalue weighted by atomic mass is 16.3. The molecule has 0 radical (unpaired) electrons. The van der Waals surface area contributed by atoms with Gasteiger partial charge in [-0.2, -0.15) is 0 Å². The van der Waals surface area contributed by atoms with Gasteiger partial charge in [0.05, 0.1) is 11.6 Å². The van der Waals surface area contributed by atoms with Crippen LogP contribution >= 0.6 is 0 Å². The second-order valence-corrected chi connectivity index (χ2v) is 9.23. The molecule has 1 saturated heterocycles. The first-order chi connectivity index (χ1) is 18.0. The van der Waals surface area contributed by atoms with Crippen LogP contribution in [0.4, 0.5) is 22.0 Å². The fourth-order valence-corrected chi connectivity index (χ4v) is 4.55.